The molecular weight excluding hydrogens is 397 g/mol. The van der Waals surface area contributed by atoms with Crippen LogP contribution < -0.4 is 15.4 Å². The van der Waals surface area contributed by atoms with E-state index in [4.69, 9.17) is 4.74 Å². The summed E-state index contributed by atoms with van der Waals surface area (Å²) in [7, 11) is 1.41. The van der Waals surface area contributed by atoms with Gasteiger partial charge in [-0.2, -0.15) is 0 Å². The van der Waals surface area contributed by atoms with Gasteiger partial charge in [-0.15, -0.1) is 0 Å². The number of aromatic amines is 1. The van der Waals surface area contributed by atoms with Gasteiger partial charge in [0.1, 0.15) is 0 Å². The maximum atomic E-state index is 14.3. The number of amides is 1. The molecule has 1 aliphatic heterocycles. The van der Waals surface area contributed by atoms with E-state index in [9.17, 15) is 9.18 Å². The number of rotatable bonds is 4. The number of pyridine rings is 2. The topological polar surface area (TPSA) is 91.9 Å². The number of anilines is 2. The Morgan fingerprint density at radius 3 is 2.90 bits per heavy atom. The molecule has 0 atom stereocenters. The lowest BCUT2D eigenvalue weighted by atomic mass is 10.0. The number of hydrogen-bond acceptors (Lipinski definition) is 5. The molecule has 4 aromatic rings. The Balaban J connectivity index is 1.76. The Labute approximate surface area is 177 Å². The molecule has 31 heavy (non-hydrogen) atoms. The summed E-state index contributed by atoms with van der Waals surface area (Å²) in [4.78, 5) is 25.3. The van der Waals surface area contributed by atoms with Crippen LogP contribution in [-0.2, 0) is 6.42 Å². The minimum Gasteiger partial charge on any atom is -0.492 e. The first-order valence-electron chi connectivity index (χ1n) is 9.92. The number of benzene rings is 1. The van der Waals surface area contributed by atoms with Crippen LogP contribution in [0.25, 0.3) is 22.3 Å². The number of nitrogens with one attached hydrogen (secondary N) is 3. The molecule has 1 amide bonds. The third kappa shape index (κ3) is 3.16. The SMILES string of the molecule is COc1c(F)cccc1Nc1c(-c2ccnc3ccc(C)nc23)[nH]c2c1C(=O)NCC2. The summed E-state index contributed by atoms with van der Waals surface area (Å²) in [5.41, 5.74) is 6.10. The third-order valence-corrected chi connectivity index (χ3v) is 5.39. The number of fused-ring (bicyclic) bond motifs is 2. The first-order valence-corrected chi connectivity index (χ1v) is 9.92. The number of ether oxygens (including phenoxy) is 1. The van der Waals surface area contributed by atoms with E-state index in [0.717, 1.165) is 28.0 Å². The predicted molar refractivity (Wildman–Crippen MR) is 116 cm³/mol. The van der Waals surface area contributed by atoms with Gasteiger partial charge < -0.3 is 20.4 Å². The molecule has 0 radical (unpaired) electrons. The van der Waals surface area contributed by atoms with Crippen molar-refractivity contribution in [3.05, 3.63) is 65.4 Å². The first-order chi connectivity index (χ1) is 15.1. The van der Waals surface area contributed by atoms with Gasteiger partial charge in [-0.25, -0.2) is 4.39 Å². The van der Waals surface area contributed by atoms with Crippen LogP contribution >= 0.6 is 0 Å². The standard InChI is InChI=1S/C23H20FN5O2/c1-12-6-7-16-19(27-12)13(8-10-25-16)20-21(18-15(28-20)9-11-26-23(18)30)29-17-5-3-4-14(24)22(17)31-2/h3-8,10,28-29H,9,11H2,1-2H3,(H,26,30). The highest BCUT2D eigenvalue weighted by molar-refractivity contribution is 6.08. The summed E-state index contributed by atoms with van der Waals surface area (Å²) in [6, 6.07) is 10.3. The van der Waals surface area contributed by atoms with Gasteiger partial charge in [0.2, 0.25) is 0 Å². The summed E-state index contributed by atoms with van der Waals surface area (Å²) < 4.78 is 19.6. The number of carbonyl (C=O) groups excluding carboxylic acids is 1. The largest absolute Gasteiger partial charge is 0.492 e. The number of H-pyrrole nitrogens is 1. The van der Waals surface area contributed by atoms with Crippen LogP contribution in [-0.4, -0.2) is 34.5 Å². The molecule has 4 heterocycles. The van der Waals surface area contributed by atoms with Crippen LogP contribution in [0.4, 0.5) is 15.8 Å². The van der Waals surface area contributed by atoms with Gasteiger partial charge in [0.05, 0.1) is 40.8 Å². The summed E-state index contributed by atoms with van der Waals surface area (Å²) in [5, 5.41) is 6.13. The number of halogens is 1. The Bertz CT molecular complexity index is 1330. The molecule has 1 aliphatic rings. The second kappa shape index (κ2) is 7.39. The zero-order valence-corrected chi connectivity index (χ0v) is 17.0. The fourth-order valence-corrected chi connectivity index (χ4v) is 3.98. The van der Waals surface area contributed by atoms with E-state index < -0.39 is 5.82 Å². The number of methoxy groups -OCH3 is 1. The number of hydrogen-bond donors (Lipinski definition) is 3. The van der Waals surface area contributed by atoms with Crippen molar-refractivity contribution in [3.63, 3.8) is 0 Å². The average Bonchev–Trinajstić information content (AvgIpc) is 3.13. The summed E-state index contributed by atoms with van der Waals surface area (Å²) in [6.45, 7) is 2.46. The molecule has 8 heteroatoms. The van der Waals surface area contributed by atoms with Crippen molar-refractivity contribution in [1.29, 1.82) is 0 Å². The second-order valence-electron chi connectivity index (χ2n) is 7.36. The Morgan fingerprint density at radius 1 is 1.19 bits per heavy atom. The van der Waals surface area contributed by atoms with E-state index >= 15 is 0 Å². The van der Waals surface area contributed by atoms with Gasteiger partial charge in [-0.05, 0) is 37.3 Å². The van der Waals surface area contributed by atoms with Crippen LogP contribution in [0.5, 0.6) is 5.75 Å². The molecule has 3 N–H and O–H groups in total. The molecule has 0 unspecified atom stereocenters. The fourth-order valence-electron chi connectivity index (χ4n) is 3.98. The molecule has 1 aromatic carbocycles. The predicted octanol–water partition coefficient (Wildman–Crippen LogP) is 4.11. The summed E-state index contributed by atoms with van der Waals surface area (Å²) in [5.74, 6) is -0.605. The van der Waals surface area contributed by atoms with Crippen molar-refractivity contribution in [3.8, 4) is 17.0 Å². The molecule has 0 aliphatic carbocycles. The molecule has 0 bridgehead atoms. The molecule has 0 saturated carbocycles. The maximum Gasteiger partial charge on any atom is 0.255 e. The van der Waals surface area contributed by atoms with Crippen LogP contribution in [0.2, 0.25) is 0 Å². The van der Waals surface area contributed by atoms with Gasteiger partial charge in [0.25, 0.3) is 5.91 Å². The molecule has 5 rings (SSSR count). The highest BCUT2D eigenvalue weighted by Crippen LogP contribution is 2.40. The van der Waals surface area contributed by atoms with Crippen molar-refractivity contribution in [2.45, 2.75) is 13.3 Å². The Hall–Kier alpha value is -3.94. The van der Waals surface area contributed by atoms with Crippen LogP contribution in [0.1, 0.15) is 21.7 Å². The van der Waals surface area contributed by atoms with Crippen LogP contribution in [0.15, 0.2) is 42.6 Å². The van der Waals surface area contributed by atoms with Gasteiger partial charge in [-0.1, -0.05) is 6.07 Å². The zero-order chi connectivity index (χ0) is 21.5. The van der Waals surface area contributed by atoms with Gasteiger partial charge in [0, 0.05) is 36.1 Å². The van der Waals surface area contributed by atoms with E-state index in [2.05, 4.69) is 25.6 Å². The molecule has 3 aromatic heterocycles. The van der Waals surface area contributed by atoms with Crippen molar-refractivity contribution in [2.24, 2.45) is 0 Å². The molecule has 156 valence electrons. The zero-order valence-electron chi connectivity index (χ0n) is 17.0. The second-order valence-corrected chi connectivity index (χ2v) is 7.36. The average molecular weight is 417 g/mol. The van der Waals surface area contributed by atoms with Crippen molar-refractivity contribution in [2.75, 3.05) is 19.0 Å². The van der Waals surface area contributed by atoms with Gasteiger partial charge >= 0.3 is 0 Å². The van der Waals surface area contributed by atoms with E-state index in [-0.39, 0.29) is 11.7 Å². The highest BCUT2D eigenvalue weighted by atomic mass is 19.1. The number of aromatic nitrogens is 3. The van der Waals surface area contributed by atoms with Crippen molar-refractivity contribution < 1.29 is 13.9 Å². The van der Waals surface area contributed by atoms with E-state index in [1.54, 1.807) is 18.3 Å². The lowest BCUT2D eigenvalue weighted by Gasteiger charge is -2.17. The molecule has 0 saturated heterocycles. The summed E-state index contributed by atoms with van der Waals surface area (Å²) >= 11 is 0. The smallest absolute Gasteiger partial charge is 0.255 e. The molecule has 7 nitrogen and oxygen atoms in total. The van der Waals surface area contributed by atoms with Gasteiger partial charge in [-0.3, -0.25) is 14.8 Å². The lowest BCUT2D eigenvalue weighted by molar-refractivity contribution is 0.0947. The first kappa shape index (κ1) is 19.0. The quantitative estimate of drug-likeness (QED) is 0.465. The Morgan fingerprint density at radius 2 is 2.06 bits per heavy atom. The molecule has 0 fully saturated rings. The van der Waals surface area contributed by atoms with Crippen LogP contribution in [0, 0.1) is 12.7 Å². The number of aryl methyl sites for hydroxylation is 1. The van der Waals surface area contributed by atoms with Crippen molar-refractivity contribution in [1.82, 2.24) is 20.3 Å². The lowest BCUT2D eigenvalue weighted by Crippen LogP contribution is -2.31. The van der Waals surface area contributed by atoms with E-state index in [0.29, 0.717) is 35.6 Å². The normalized spacial score (nSPS) is 13.1. The highest BCUT2D eigenvalue weighted by Gasteiger charge is 2.28. The third-order valence-electron chi connectivity index (χ3n) is 5.39. The van der Waals surface area contributed by atoms with E-state index in [1.807, 2.05) is 25.1 Å². The minimum absolute atomic E-state index is 0.0770. The van der Waals surface area contributed by atoms with E-state index in [1.165, 1.54) is 13.2 Å². The summed E-state index contributed by atoms with van der Waals surface area (Å²) in [6.07, 6.45) is 2.37. The number of carbonyl (C=O) groups is 1. The number of para-hydroxylation sites is 1. The van der Waals surface area contributed by atoms with Crippen molar-refractivity contribution >= 4 is 28.3 Å². The molecule has 0 spiro atoms. The number of nitrogens with zero attached hydrogens (tertiary/aromatic N) is 2. The minimum atomic E-state index is -0.491. The van der Waals surface area contributed by atoms with Crippen LogP contribution in [0.3, 0.4) is 0 Å². The maximum absolute atomic E-state index is 14.3. The monoisotopic (exact) mass is 417 g/mol. The van der Waals surface area contributed by atoms with Gasteiger partial charge in [0.15, 0.2) is 11.6 Å². The fraction of sp³-hybridized carbons (Fsp3) is 0.174. The Kier molecular flexibility index (Phi) is 4.54. The molecular formula is C23H20FN5O2.